The highest BCUT2D eigenvalue weighted by Gasteiger charge is 2.24. The molecule has 1 saturated carbocycles. The van der Waals surface area contributed by atoms with Crippen molar-refractivity contribution < 1.29 is 22.9 Å². The summed E-state index contributed by atoms with van der Waals surface area (Å²) in [7, 11) is 0. The van der Waals surface area contributed by atoms with Crippen LogP contribution in [0.15, 0.2) is 48.8 Å². The van der Waals surface area contributed by atoms with Crippen molar-refractivity contribution in [3.63, 3.8) is 0 Å². The highest BCUT2D eigenvalue weighted by Crippen LogP contribution is 2.34. The molecule has 0 aromatic carbocycles. The Bertz CT molecular complexity index is 1550. The first-order valence-corrected chi connectivity index (χ1v) is 12.9. The van der Waals surface area contributed by atoms with E-state index in [1.165, 1.54) is 12.3 Å². The number of pyridine rings is 1. The van der Waals surface area contributed by atoms with Crippen molar-refractivity contribution >= 4 is 40.2 Å². The highest BCUT2D eigenvalue weighted by molar-refractivity contribution is 5.97. The molecule has 1 saturated heterocycles. The van der Waals surface area contributed by atoms with Crippen LogP contribution in [0, 0.1) is 0 Å². The molecule has 0 radical (unpaired) electrons. The molecule has 1 aliphatic carbocycles. The molecule has 204 valence electrons. The highest BCUT2D eigenvalue weighted by atomic mass is 16.5. The summed E-state index contributed by atoms with van der Waals surface area (Å²) in [5.74, 6) is -0.0438. The maximum absolute atomic E-state index is 12.7. The third kappa shape index (κ3) is 5.05. The van der Waals surface area contributed by atoms with Gasteiger partial charge in [-0.05, 0) is 18.9 Å². The van der Waals surface area contributed by atoms with Crippen LogP contribution in [-0.2, 0) is 4.74 Å². The van der Waals surface area contributed by atoms with E-state index in [9.17, 15) is 9.59 Å². The number of fused-ring (bicyclic) bond motifs is 1. The summed E-state index contributed by atoms with van der Waals surface area (Å²) in [6, 6.07) is 4.90. The second kappa shape index (κ2) is 10.4. The van der Waals surface area contributed by atoms with Crippen molar-refractivity contribution in [3.8, 4) is 11.3 Å². The molecular formula is C26H29N7O6. The Kier molecular flexibility index (Phi) is 6.67. The fourth-order valence-corrected chi connectivity index (χ4v) is 5.03. The van der Waals surface area contributed by atoms with Crippen molar-refractivity contribution in [2.45, 2.75) is 37.8 Å². The predicted octanol–water partition coefficient (Wildman–Crippen LogP) is 2.80. The van der Waals surface area contributed by atoms with Gasteiger partial charge in [-0.3, -0.25) is 9.59 Å². The summed E-state index contributed by atoms with van der Waals surface area (Å²) < 4.78 is 22.5. The second-order valence-corrected chi connectivity index (χ2v) is 9.74. The van der Waals surface area contributed by atoms with Gasteiger partial charge in [0, 0.05) is 31.2 Å². The van der Waals surface area contributed by atoms with Gasteiger partial charge in [-0.1, -0.05) is 18.0 Å². The average molecular weight is 536 g/mol. The van der Waals surface area contributed by atoms with E-state index in [4.69, 9.17) is 29.6 Å². The molecule has 2 aliphatic rings. The van der Waals surface area contributed by atoms with Gasteiger partial charge in [-0.15, -0.1) is 0 Å². The monoisotopic (exact) mass is 535 g/mol. The minimum atomic E-state index is -0.698. The Hall–Kier alpha value is -4.36. The number of nitrogens with two attached hydrogens (primary N) is 2. The largest absolute Gasteiger partial charge is 0.456 e. The number of carbonyl (C=O) groups is 1. The molecule has 0 bridgehead atoms. The van der Waals surface area contributed by atoms with Crippen molar-refractivity contribution in [2.24, 2.45) is 11.5 Å². The molecule has 0 spiro atoms. The van der Waals surface area contributed by atoms with E-state index in [1.807, 2.05) is 4.90 Å². The van der Waals surface area contributed by atoms with E-state index in [2.05, 4.69) is 20.8 Å². The Balaban J connectivity index is 1.28. The normalized spacial score (nSPS) is 19.8. The fraction of sp³-hybridized carbons (Fsp3) is 0.385. The molecular weight excluding hydrogens is 506 g/mol. The molecule has 13 nitrogen and oxygen atoms in total. The second-order valence-electron chi connectivity index (χ2n) is 9.74. The number of carbonyl (C=O) groups excluding carboxylic acids is 1. The number of ether oxygens (including phenoxy) is 1. The van der Waals surface area contributed by atoms with Crippen LogP contribution in [-0.4, -0.2) is 54.4 Å². The molecule has 4 aromatic heterocycles. The number of nitrogens with zero attached hydrogens (tertiary/aromatic N) is 3. The molecule has 13 heteroatoms. The zero-order valence-corrected chi connectivity index (χ0v) is 21.1. The number of anilines is 4. The number of amides is 1. The Morgan fingerprint density at radius 1 is 1.10 bits per heavy atom. The summed E-state index contributed by atoms with van der Waals surface area (Å²) >= 11 is 0. The Labute approximate surface area is 222 Å². The lowest BCUT2D eigenvalue weighted by molar-refractivity contribution is 0.0996. The number of rotatable bonds is 7. The first kappa shape index (κ1) is 24.9. The van der Waals surface area contributed by atoms with Crippen LogP contribution in [0.1, 0.15) is 36.2 Å². The maximum atomic E-state index is 12.7. The third-order valence-electron chi connectivity index (χ3n) is 7.09. The van der Waals surface area contributed by atoms with Gasteiger partial charge in [0.15, 0.2) is 17.2 Å². The van der Waals surface area contributed by atoms with E-state index in [-0.39, 0.29) is 40.3 Å². The van der Waals surface area contributed by atoms with Crippen LogP contribution >= 0.6 is 0 Å². The zero-order valence-electron chi connectivity index (χ0n) is 21.1. The lowest BCUT2D eigenvalue weighted by atomic mass is 9.91. The molecule has 4 aromatic rings. The van der Waals surface area contributed by atoms with Gasteiger partial charge in [0.05, 0.1) is 42.4 Å². The molecule has 6 rings (SSSR count). The first-order valence-electron chi connectivity index (χ1n) is 12.9. The van der Waals surface area contributed by atoms with Gasteiger partial charge in [0.25, 0.3) is 5.91 Å². The van der Waals surface area contributed by atoms with Crippen molar-refractivity contribution in [1.29, 1.82) is 0 Å². The van der Waals surface area contributed by atoms with Gasteiger partial charge in [-0.25, -0.2) is 4.98 Å². The van der Waals surface area contributed by atoms with Crippen molar-refractivity contribution in [1.82, 2.24) is 10.1 Å². The standard InChI is InChI=1S/C26H29N7O6/c27-16-3-1-2-4-17(16)30-14-9-19(23(26(28)35)29-12-14)31-21-10-18(32-39-21)15-13-37-25-20(34)11-22(38-24(15)25)33-5-7-36-8-6-33/h9-13,16-17,30-31H,1-8,27H2,(H2,28,35)/t16-,17+/m1/s1. The maximum Gasteiger partial charge on any atom is 0.269 e. The molecule has 39 heavy (non-hydrogen) atoms. The molecule has 2 atom stereocenters. The van der Waals surface area contributed by atoms with Crippen LogP contribution < -0.4 is 32.4 Å². The van der Waals surface area contributed by atoms with Gasteiger partial charge in [0.2, 0.25) is 16.9 Å². The lowest BCUT2D eigenvalue weighted by Gasteiger charge is -2.30. The lowest BCUT2D eigenvalue weighted by Crippen LogP contribution is -2.42. The summed E-state index contributed by atoms with van der Waals surface area (Å²) in [5.41, 5.74) is 13.8. The number of hydrogen-bond donors (Lipinski definition) is 4. The van der Waals surface area contributed by atoms with Gasteiger partial charge in [0.1, 0.15) is 12.0 Å². The van der Waals surface area contributed by atoms with Gasteiger partial charge < -0.3 is 45.1 Å². The third-order valence-corrected chi connectivity index (χ3v) is 7.09. The topological polar surface area (TPSA) is 188 Å². The quantitative estimate of drug-likeness (QED) is 0.271. The van der Waals surface area contributed by atoms with E-state index < -0.39 is 5.91 Å². The van der Waals surface area contributed by atoms with Crippen molar-refractivity contribution in [2.75, 3.05) is 41.8 Å². The van der Waals surface area contributed by atoms with Gasteiger partial charge >= 0.3 is 0 Å². The van der Waals surface area contributed by atoms with E-state index in [1.54, 1.807) is 18.3 Å². The van der Waals surface area contributed by atoms with Crippen LogP contribution in [0.3, 0.4) is 0 Å². The SMILES string of the molecule is NC(=O)c1ncc(N[C@H]2CCCC[C@H]2N)cc1Nc1cc(-c2coc3c(=O)cc(N4CCOCC4)oc23)no1. The number of primary amides is 1. The molecule has 5 heterocycles. The number of hydrogen-bond acceptors (Lipinski definition) is 12. The first-order chi connectivity index (χ1) is 19.0. The van der Waals surface area contributed by atoms with E-state index in [0.717, 1.165) is 25.7 Å². The summed E-state index contributed by atoms with van der Waals surface area (Å²) in [6.45, 7) is 2.31. The minimum Gasteiger partial charge on any atom is -0.456 e. The summed E-state index contributed by atoms with van der Waals surface area (Å²) in [6.07, 6.45) is 7.07. The van der Waals surface area contributed by atoms with Crippen LogP contribution in [0.25, 0.3) is 22.4 Å². The van der Waals surface area contributed by atoms with E-state index in [0.29, 0.717) is 54.8 Å². The Morgan fingerprint density at radius 3 is 2.72 bits per heavy atom. The average Bonchev–Trinajstić information content (AvgIpc) is 3.58. The number of furan rings is 1. The molecule has 2 fully saturated rings. The van der Waals surface area contributed by atoms with Crippen LogP contribution in [0.4, 0.5) is 23.1 Å². The van der Waals surface area contributed by atoms with E-state index >= 15 is 0 Å². The minimum absolute atomic E-state index is 0.0383. The van der Waals surface area contributed by atoms with Gasteiger partial charge in [-0.2, -0.15) is 0 Å². The summed E-state index contributed by atoms with van der Waals surface area (Å²) in [5, 5.41) is 10.6. The molecule has 1 aliphatic heterocycles. The van der Waals surface area contributed by atoms with Crippen molar-refractivity contribution in [3.05, 3.63) is 46.6 Å². The van der Waals surface area contributed by atoms with Crippen LogP contribution in [0.2, 0.25) is 0 Å². The van der Waals surface area contributed by atoms with Crippen LogP contribution in [0.5, 0.6) is 0 Å². The summed E-state index contributed by atoms with van der Waals surface area (Å²) in [4.78, 5) is 30.9. The number of nitrogens with one attached hydrogen (secondary N) is 2. The molecule has 0 unspecified atom stereocenters. The predicted molar refractivity (Wildman–Crippen MR) is 143 cm³/mol. The fourth-order valence-electron chi connectivity index (χ4n) is 5.03. The smallest absolute Gasteiger partial charge is 0.269 e. The Morgan fingerprint density at radius 2 is 1.92 bits per heavy atom. The molecule has 6 N–H and O–H groups in total. The zero-order chi connectivity index (χ0) is 26.9. The number of morpholine rings is 1. The molecule has 1 amide bonds. The number of aromatic nitrogens is 2.